The zero-order valence-corrected chi connectivity index (χ0v) is 16.1. The highest BCUT2D eigenvalue weighted by Gasteiger charge is 2.23. The van der Waals surface area contributed by atoms with E-state index in [4.69, 9.17) is 11.6 Å². The first-order valence-corrected chi connectivity index (χ1v) is 9.45. The van der Waals surface area contributed by atoms with Gasteiger partial charge in [-0.3, -0.25) is 4.79 Å². The molecular formula is C22H19ClFN3O. The first kappa shape index (κ1) is 18.4. The quantitative estimate of drug-likeness (QED) is 0.665. The van der Waals surface area contributed by atoms with Crippen molar-refractivity contribution in [2.24, 2.45) is 0 Å². The fourth-order valence-electron chi connectivity index (χ4n) is 3.48. The van der Waals surface area contributed by atoms with Crippen molar-refractivity contribution in [3.8, 4) is 0 Å². The highest BCUT2D eigenvalue weighted by molar-refractivity contribution is 6.31. The van der Waals surface area contributed by atoms with Crippen molar-refractivity contribution in [3.05, 3.63) is 87.8 Å². The molecule has 6 heteroatoms. The van der Waals surface area contributed by atoms with Crippen molar-refractivity contribution >= 4 is 29.0 Å². The number of aromatic nitrogens is 1. The molecule has 0 bridgehead atoms. The fraction of sp³-hybridized carbons (Fsp3) is 0.182. The summed E-state index contributed by atoms with van der Waals surface area (Å²) >= 11 is 6.19. The van der Waals surface area contributed by atoms with E-state index in [0.717, 1.165) is 12.8 Å². The highest BCUT2D eigenvalue weighted by Crippen LogP contribution is 2.25. The summed E-state index contributed by atoms with van der Waals surface area (Å²) in [7, 11) is 0. The van der Waals surface area contributed by atoms with E-state index in [2.05, 4.69) is 27.8 Å². The number of rotatable bonds is 4. The first-order valence-electron chi connectivity index (χ1n) is 9.07. The van der Waals surface area contributed by atoms with E-state index in [9.17, 15) is 9.18 Å². The second-order valence-electron chi connectivity index (χ2n) is 6.94. The molecule has 28 heavy (non-hydrogen) atoms. The van der Waals surface area contributed by atoms with Gasteiger partial charge in [-0.2, -0.15) is 0 Å². The summed E-state index contributed by atoms with van der Waals surface area (Å²) in [5.41, 5.74) is 3.79. The van der Waals surface area contributed by atoms with E-state index >= 15 is 0 Å². The van der Waals surface area contributed by atoms with Crippen molar-refractivity contribution in [2.45, 2.75) is 25.8 Å². The fourth-order valence-corrected chi connectivity index (χ4v) is 3.69. The molecule has 0 saturated carbocycles. The number of amides is 1. The van der Waals surface area contributed by atoms with Gasteiger partial charge in [0.1, 0.15) is 17.3 Å². The molecular weight excluding hydrogens is 377 g/mol. The maximum Gasteiger partial charge on any atom is 0.270 e. The number of hydrogen-bond donors (Lipinski definition) is 2. The van der Waals surface area contributed by atoms with E-state index in [-0.39, 0.29) is 23.5 Å². The minimum atomic E-state index is -0.314. The number of hydrogen-bond acceptors (Lipinski definition) is 3. The Bertz CT molecular complexity index is 1030. The molecule has 1 aromatic heterocycles. The van der Waals surface area contributed by atoms with Crippen molar-refractivity contribution in [2.75, 3.05) is 5.32 Å². The van der Waals surface area contributed by atoms with Crippen LogP contribution in [-0.2, 0) is 12.8 Å². The summed E-state index contributed by atoms with van der Waals surface area (Å²) in [6, 6.07) is 16.1. The largest absolute Gasteiger partial charge is 0.347 e. The van der Waals surface area contributed by atoms with Gasteiger partial charge in [0.25, 0.3) is 5.91 Å². The third kappa shape index (κ3) is 3.85. The van der Waals surface area contributed by atoms with E-state index in [1.54, 1.807) is 25.1 Å². The molecule has 1 aliphatic rings. The molecule has 4 rings (SSSR count). The Kier molecular flexibility index (Phi) is 5.01. The lowest BCUT2D eigenvalue weighted by atomic mass is 10.1. The molecule has 0 unspecified atom stereocenters. The topological polar surface area (TPSA) is 54.0 Å². The van der Waals surface area contributed by atoms with Crippen LogP contribution in [0.5, 0.6) is 0 Å². The van der Waals surface area contributed by atoms with Crippen LogP contribution >= 0.6 is 11.6 Å². The number of carbonyl (C=O) groups is 1. The standard InChI is InChI=1S/C22H19ClFN3O/c1-13-18(24)7-4-8-19(13)26-21-12-16(23)11-20(27-21)22(28)25-17-9-14-5-2-3-6-15(14)10-17/h2-8,11-12,17H,9-10H2,1H3,(H,25,28)(H,26,27). The van der Waals surface area contributed by atoms with Gasteiger partial charge in [-0.25, -0.2) is 9.37 Å². The molecule has 0 atom stereocenters. The van der Waals surface area contributed by atoms with Crippen molar-refractivity contribution in [1.82, 2.24) is 10.3 Å². The van der Waals surface area contributed by atoms with Crippen LogP contribution in [0.2, 0.25) is 5.02 Å². The van der Waals surface area contributed by atoms with Gasteiger partial charge in [0.15, 0.2) is 0 Å². The number of halogens is 2. The minimum absolute atomic E-state index is 0.0348. The number of carbonyl (C=O) groups excluding carboxylic acids is 1. The average molecular weight is 396 g/mol. The van der Waals surface area contributed by atoms with E-state index in [1.165, 1.54) is 23.3 Å². The van der Waals surface area contributed by atoms with Crippen LogP contribution in [0.1, 0.15) is 27.2 Å². The zero-order chi connectivity index (χ0) is 19.7. The van der Waals surface area contributed by atoms with Crippen molar-refractivity contribution in [3.63, 3.8) is 0 Å². The Morgan fingerprint density at radius 3 is 2.54 bits per heavy atom. The summed E-state index contributed by atoms with van der Waals surface area (Å²) < 4.78 is 13.8. The molecule has 4 nitrogen and oxygen atoms in total. The third-order valence-corrected chi connectivity index (χ3v) is 5.16. The van der Waals surface area contributed by atoms with E-state index in [0.29, 0.717) is 22.1 Å². The molecule has 142 valence electrons. The molecule has 0 fully saturated rings. The zero-order valence-electron chi connectivity index (χ0n) is 15.3. The predicted octanol–water partition coefficient (Wildman–Crippen LogP) is 4.82. The third-order valence-electron chi connectivity index (χ3n) is 4.94. The SMILES string of the molecule is Cc1c(F)cccc1Nc1cc(Cl)cc(C(=O)NC2Cc3ccccc3C2)n1. The maximum absolute atomic E-state index is 13.8. The Balaban J connectivity index is 1.51. The number of nitrogens with one attached hydrogen (secondary N) is 2. The second-order valence-corrected chi connectivity index (χ2v) is 7.38. The highest BCUT2D eigenvalue weighted by atomic mass is 35.5. The van der Waals surface area contributed by atoms with Gasteiger partial charge in [-0.05, 0) is 55.2 Å². The van der Waals surface area contributed by atoms with Crippen molar-refractivity contribution in [1.29, 1.82) is 0 Å². The van der Waals surface area contributed by atoms with Crippen LogP contribution in [0.4, 0.5) is 15.9 Å². The van der Waals surface area contributed by atoms with Gasteiger partial charge in [-0.1, -0.05) is 41.9 Å². The Morgan fingerprint density at radius 2 is 1.82 bits per heavy atom. The van der Waals surface area contributed by atoms with Gasteiger partial charge < -0.3 is 10.6 Å². The number of nitrogens with zero attached hydrogens (tertiary/aromatic N) is 1. The van der Waals surface area contributed by atoms with Crippen molar-refractivity contribution < 1.29 is 9.18 Å². The van der Waals surface area contributed by atoms with Gasteiger partial charge >= 0.3 is 0 Å². The van der Waals surface area contributed by atoms with Crippen LogP contribution < -0.4 is 10.6 Å². The molecule has 2 N–H and O–H groups in total. The lowest BCUT2D eigenvalue weighted by molar-refractivity contribution is 0.0933. The predicted molar refractivity (Wildman–Crippen MR) is 109 cm³/mol. The van der Waals surface area contributed by atoms with Crippen LogP contribution in [0.25, 0.3) is 0 Å². The lowest BCUT2D eigenvalue weighted by Gasteiger charge is -2.14. The molecule has 3 aromatic rings. The molecule has 2 aromatic carbocycles. The summed E-state index contributed by atoms with van der Waals surface area (Å²) in [5.74, 6) is -0.203. The monoisotopic (exact) mass is 395 g/mol. The Hall–Kier alpha value is -2.92. The Labute approximate surface area is 167 Å². The molecule has 1 heterocycles. The first-order chi connectivity index (χ1) is 13.5. The van der Waals surface area contributed by atoms with E-state index in [1.807, 2.05) is 12.1 Å². The molecule has 0 aliphatic heterocycles. The molecule has 0 saturated heterocycles. The molecule has 0 spiro atoms. The number of benzene rings is 2. The Morgan fingerprint density at radius 1 is 1.11 bits per heavy atom. The lowest BCUT2D eigenvalue weighted by Crippen LogP contribution is -2.35. The van der Waals surface area contributed by atoms with Crippen LogP contribution in [0.15, 0.2) is 54.6 Å². The molecule has 1 amide bonds. The molecule has 0 radical (unpaired) electrons. The van der Waals surface area contributed by atoms with Gasteiger partial charge in [0.2, 0.25) is 0 Å². The van der Waals surface area contributed by atoms with Crippen LogP contribution in [0.3, 0.4) is 0 Å². The molecule has 1 aliphatic carbocycles. The number of pyridine rings is 1. The van der Waals surface area contributed by atoms with Crippen LogP contribution in [0, 0.1) is 12.7 Å². The summed E-state index contributed by atoms with van der Waals surface area (Å²) in [6.07, 6.45) is 1.60. The van der Waals surface area contributed by atoms with Gasteiger partial charge in [0.05, 0.1) is 0 Å². The van der Waals surface area contributed by atoms with Gasteiger partial charge in [0, 0.05) is 22.3 Å². The summed E-state index contributed by atoms with van der Waals surface area (Å²) in [5, 5.41) is 6.46. The van der Waals surface area contributed by atoms with E-state index < -0.39 is 0 Å². The smallest absolute Gasteiger partial charge is 0.270 e. The van der Waals surface area contributed by atoms with Gasteiger partial charge in [-0.15, -0.1) is 0 Å². The normalized spacial score (nSPS) is 13.2. The maximum atomic E-state index is 13.8. The van der Waals surface area contributed by atoms with Crippen LogP contribution in [-0.4, -0.2) is 16.9 Å². The minimum Gasteiger partial charge on any atom is -0.347 e. The average Bonchev–Trinajstić information content (AvgIpc) is 3.07. The second kappa shape index (κ2) is 7.60. The summed E-state index contributed by atoms with van der Waals surface area (Å²) in [4.78, 5) is 17.1. The number of fused-ring (bicyclic) bond motifs is 1. The number of anilines is 2. The summed E-state index contributed by atoms with van der Waals surface area (Å²) in [6.45, 7) is 1.67.